The van der Waals surface area contributed by atoms with Gasteiger partial charge in [-0.25, -0.2) is 0 Å². The van der Waals surface area contributed by atoms with Gasteiger partial charge in [-0.15, -0.1) is 0 Å². The Morgan fingerprint density at radius 1 is 0.308 bits per heavy atom. The van der Waals surface area contributed by atoms with Gasteiger partial charge in [0.05, 0.1) is 11.0 Å². The first kappa shape index (κ1) is 29.8. The van der Waals surface area contributed by atoms with E-state index in [0.717, 1.165) is 61.8 Å². The van der Waals surface area contributed by atoms with Gasteiger partial charge in [0.1, 0.15) is 11.2 Å². The molecular formula is C48H33N3O. The fraction of sp³-hybridized carbons (Fsp3) is 0. The van der Waals surface area contributed by atoms with Gasteiger partial charge in [-0.05, 0) is 109 Å². The highest BCUT2D eigenvalue weighted by Gasteiger charge is 2.19. The van der Waals surface area contributed by atoms with Crippen LogP contribution in [-0.2, 0) is 0 Å². The van der Waals surface area contributed by atoms with Crippen LogP contribution >= 0.6 is 0 Å². The van der Waals surface area contributed by atoms with Crippen LogP contribution in [0.5, 0.6) is 0 Å². The molecule has 0 aliphatic rings. The first-order valence-electron chi connectivity index (χ1n) is 17.6. The molecule has 4 nitrogen and oxygen atoms in total. The van der Waals surface area contributed by atoms with Crippen molar-refractivity contribution in [2.45, 2.75) is 0 Å². The largest absolute Gasteiger partial charge is 0.456 e. The SMILES string of the molecule is c1ccc(N(c2ccc(N(c3ccccc3)c3ccc4c(c3)c3ccccc3n4-c3ccccc3)cc2)c2ccc3oc4ccccc4c3c2)cc1. The molecule has 0 aliphatic carbocycles. The molecule has 0 bridgehead atoms. The Bertz CT molecular complexity index is 2840. The molecule has 0 aliphatic heterocycles. The van der Waals surface area contributed by atoms with Crippen LogP contribution < -0.4 is 9.80 Å². The molecule has 2 aromatic heterocycles. The zero-order valence-corrected chi connectivity index (χ0v) is 28.3. The topological polar surface area (TPSA) is 24.6 Å². The van der Waals surface area contributed by atoms with E-state index < -0.39 is 0 Å². The van der Waals surface area contributed by atoms with Crippen molar-refractivity contribution in [3.8, 4) is 5.69 Å². The third-order valence-corrected chi connectivity index (χ3v) is 9.94. The standard InChI is InChI=1S/C48H33N3O/c1-4-14-34(15-5-1)49(39-28-30-46-43(32-39)41-20-10-12-22-45(41)51(46)36-18-8-3-9-19-36)37-24-26-38(27-25-37)50(35-16-6-2-7-17-35)40-29-31-48-44(33-40)42-21-11-13-23-47(42)52-48/h1-33H. The molecule has 0 spiro atoms. The Hall–Kier alpha value is -7.04. The first-order valence-corrected chi connectivity index (χ1v) is 17.6. The van der Waals surface area contributed by atoms with E-state index in [1.54, 1.807) is 0 Å². The number of nitrogens with zero attached hydrogens (tertiary/aromatic N) is 3. The van der Waals surface area contributed by atoms with Crippen molar-refractivity contribution in [2.24, 2.45) is 0 Å². The summed E-state index contributed by atoms with van der Waals surface area (Å²) in [6.45, 7) is 0. The third-order valence-electron chi connectivity index (χ3n) is 9.94. The van der Waals surface area contributed by atoms with E-state index in [2.05, 4.69) is 202 Å². The number of fused-ring (bicyclic) bond motifs is 6. The molecule has 0 unspecified atom stereocenters. The number of rotatable bonds is 7. The highest BCUT2D eigenvalue weighted by molar-refractivity contribution is 6.11. The van der Waals surface area contributed by atoms with Crippen molar-refractivity contribution >= 4 is 77.9 Å². The maximum atomic E-state index is 6.17. The lowest BCUT2D eigenvalue weighted by atomic mass is 10.1. The molecule has 52 heavy (non-hydrogen) atoms. The molecule has 2 heterocycles. The number of aromatic nitrogens is 1. The van der Waals surface area contributed by atoms with Gasteiger partial charge < -0.3 is 18.8 Å². The second kappa shape index (κ2) is 12.4. The Kier molecular flexibility index (Phi) is 7.10. The summed E-state index contributed by atoms with van der Waals surface area (Å²) in [5.41, 5.74) is 11.8. The molecular weight excluding hydrogens is 635 g/mol. The maximum absolute atomic E-state index is 6.17. The normalized spacial score (nSPS) is 11.5. The van der Waals surface area contributed by atoms with E-state index >= 15 is 0 Å². The summed E-state index contributed by atoms with van der Waals surface area (Å²) in [5.74, 6) is 0. The predicted octanol–water partition coefficient (Wildman–Crippen LogP) is 13.6. The lowest BCUT2D eigenvalue weighted by Gasteiger charge is -2.28. The molecule has 0 fully saturated rings. The van der Waals surface area contributed by atoms with Gasteiger partial charge in [0, 0.05) is 61.4 Å². The number of para-hydroxylation sites is 5. The van der Waals surface area contributed by atoms with Crippen molar-refractivity contribution in [3.63, 3.8) is 0 Å². The number of hydrogen-bond acceptors (Lipinski definition) is 3. The fourth-order valence-corrected chi connectivity index (χ4v) is 7.61. The van der Waals surface area contributed by atoms with Crippen molar-refractivity contribution in [1.82, 2.24) is 4.57 Å². The van der Waals surface area contributed by atoms with Crippen LogP contribution in [0.25, 0.3) is 49.4 Å². The molecule has 0 atom stereocenters. The van der Waals surface area contributed by atoms with E-state index in [4.69, 9.17) is 4.42 Å². The quantitative estimate of drug-likeness (QED) is 0.169. The lowest BCUT2D eigenvalue weighted by molar-refractivity contribution is 0.669. The number of furan rings is 1. The van der Waals surface area contributed by atoms with E-state index in [1.165, 1.54) is 21.8 Å². The molecule has 10 rings (SSSR count). The zero-order valence-electron chi connectivity index (χ0n) is 28.3. The van der Waals surface area contributed by atoms with Crippen LogP contribution in [-0.4, -0.2) is 4.57 Å². The van der Waals surface area contributed by atoms with Gasteiger partial charge in [-0.1, -0.05) is 91.0 Å². The number of anilines is 6. The number of hydrogen-bond donors (Lipinski definition) is 0. The summed E-state index contributed by atoms with van der Waals surface area (Å²) >= 11 is 0. The van der Waals surface area contributed by atoms with E-state index in [-0.39, 0.29) is 0 Å². The molecule has 10 aromatic rings. The molecule has 8 aromatic carbocycles. The van der Waals surface area contributed by atoms with Gasteiger partial charge in [0.15, 0.2) is 0 Å². The van der Waals surface area contributed by atoms with E-state index in [0.29, 0.717) is 0 Å². The van der Waals surface area contributed by atoms with Crippen LogP contribution in [0.4, 0.5) is 34.1 Å². The highest BCUT2D eigenvalue weighted by Crippen LogP contribution is 2.42. The van der Waals surface area contributed by atoms with Crippen molar-refractivity contribution in [3.05, 3.63) is 200 Å². The van der Waals surface area contributed by atoms with Crippen molar-refractivity contribution in [2.75, 3.05) is 9.80 Å². The summed E-state index contributed by atoms with van der Waals surface area (Å²) in [6.07, 6.45) is 0. The van der Waals surface area contributed by atoms with E-state index in [1.807, 2.05) is 12.1 Å². The van der Waals surface area contributed by atoms with Crippen LogP contribution in [0.15, 0.2) is 205 Å². The molecule has 0 saturated carbocycles. The predicted molar refractivity (Wildman–Crippen MR) is 217 cm³/mol. The summed E-state index contributed by atoms with van der Waals surface area (Å²) in [7, 11) is 0. The Morgan fingerprint density at radius 2 is 0.750 bits per heavy atom. The number of benzene rings is 8. The lowest BCUT2D eigenvalue weighted by Crippen LogP contribution is -2.12. The third kappa shape index (κ3) is 5.00. The molecule has 0 radical (unpaired) electrons. The first-order chi connectivity index (χ1) is 25.8. The van der Waals surface area contributed by atoms with Gasteiger partial charge in [0.2, 0.25) is 0 Å². The van der Waals surface area contributed by atoms with Crippen LogP contribution in [0.1, 0.15) is 0 Å². The van der Waals surface area contributed by atoms with Crippen LogP contribution in [0.2, 0.25) is 0 Å². The van der Waals surface area contributed by atoms with Gasteiger partial charge >= 0.3 is 0 Å². The molecule has 246 valence electrons. The Morgan fingerprint density at radius 3 is 1.40 bits per heavy atom. The summed E-state index contributed by atoms with van der Waals surface area (Å²) in [4.78, 5) is 4.65. The van der Waals surface area contributed by atoms with E-state index in [9.17, 15) is 0 Å². The Balaban J connectivity index is 1.10. The van der Waals surface area contributed by atoms with Crippen LogP contribution in [0, 0.1) is 0 Å². The Labute approximate surface area is 301 Å². The molecule has 0 amide bonds. The second-order valence-electron chi connectivity index (χ2n) is 13.0. The minimum Gasteiger partial charge on any atom is -0.456 e. The summed E-state index contributed by atoms with van der Waals surface area (Å²) < 4.78 is 8.53. The summed E-state index contributed by atoms with van der Waals surface area (Å²) in [6, 6.07) is 70.9. The molecule has 0 saturated heterocycles. The zero-order chi connectivity index (χ0) is 34.4. The van der Waals surface area contributed by atoms with Crippen LogP contribution in [0.3, 0.4) is 0 Å². The van der Waals surface area contributed by atoms with Gasteiger partial charge in [-0.2, -0.15) is 0 Å². The maximum Gasteiger partial charge on any atom is 0.135 e. The molecule has 0 N–H and O–H groups in total. The fourth-order valence-electron chi connectivity index (χ4n) is 7.61. The average Bonchev–Trinajstić information content (AvgIpc) is 3.75. The smallest absolute Gasteiger partial charge is 0.135 e. The summed E-state index contributed by atoms with van der Waals surface area (Å²) in [5, 5.41) is 4.66. The molecule has 4 heteroatoms. The van der Waals surface area contributed by atoms with Crippen molar-refractivity contribution in [1.29, 1.82) is 0 Å². The average molecular weight is 668 g/mol. The monoisotopic (exact) mass is 667 g/mol. The second-order valence-corrected chi connectivity index (χ2v) is 13.0. The highest BCUT2D eigenvalue weighted by atomic mass is 16.3. The minimum absolute atomic E-state index is 0.885. The minimum atomic E-state index is 0.885. The van der Waals surface area contributed by atoms with Gasteiger partial charge in [0.25, 0.3) is 0 Å². The van der Waals surface area contributed by atoms with Gasteiger partial charge in [-0.3, -0.25) is 0 Å². The van der Waals surface area contributed by atoms with Crippen molar-refractivity contribution < 1.29 is 4.42 Å².